The minimum atomic E-state index is 0.255. The standard InChI is InChI=1S/C16H16O/c1-2-8-15(9-3-1)17-16-11-10-13-6-4-5-7-14(13)12-16/h2,4-8,10-12,15H,1,3,9H2. The number of benzene rings is 2. The molecule has 0 radical (unpaired) electrons. The zero-order valence-electron chi connectivity index (χ0n) is 9.80. The average molecular weight is 224 g/mol. The first kappa shape index (κ1) is 10.4. The summed E-state index contributed by atoms with van der Waals surface area (Å²) in [5, 5.41) is 2.50. The van der Waals surface area contributed by atoms with E-state index in [0.717, 1.165) is 12.2 Å². The van der Waals surface area contributed by atoms with Gasteiger partial charge < -0.3 is 4.74 Å². The molecule has 1 atom stereocenters. The molecule has 0 heterocycles. The predicted octanol–water partition coefficient (Wildman–Crippen LogP) is 4.33. The average Bonchev–Trinajstić information content (AvgIpc) is 2.40. The molecule has 0 aliphatic heterocycles. The van der Waals surface area contributed by atoms with E-state index in [2.05, 4.69) is 54.6 Å². The van der Waals surface area contributed by atoms with Crippen molar-refractivity contribution in [2.75, 3.05) is 0 Å². The molecule has 86 valence electrons. The quantitative estimate of drug-likeness (QED) is 0.690. The van der Waals surface area contributed by atoms with Crippen molar-refractivity contribution in [3.63, 3.8) is 0 Å². The van der Waals surface area contributed by atoms with Crippen LogP contribution in [-0.2, 0) is 0 Å². The lowest BCUT2D eigenvalue weighted by Crippen LogP contribution is -2.15. The molecule has 0 amide bonds. The van der Waals surface area contributed by atoms with Gasteiger partial charge in [0, 0.05) is 0 Å². The van der Waals surface area contributed by atoms with Gasteiger partial charge in [0.05, 0.1) is 0 Å². The maximum Gasteiger partial charge on any atom is 0.120 e. The van der Waals surface area contributed by atoms with Gasteiger partial charge >= 0.3 is 0 Å². The molecule has 0 N–H and O–H groups in total. The second kappa shape index (κ2) is 4.62. The van der Waals surface area contributed by atoms with Crippen molar-refractivity contribution in [1.82, 2.24) is 0 Å². The molecule has 1 aliphatic rings. The number of rotatable bonds is 2. The molecule has 0 spiro atoms. The van der Waals surface area contributed by atoms with Crippen LogP contribution in [0.4, 0.5) is 0 Å². The van der Waals surface area contributed by atoms with Crippen molar-refractivity contribution in [3.05, 3.63) is 54.6 Å². The van der Waals surface area contributed by atoms with Crippen LogP contribution >= 0.6 is 0 Å². The first-order valence-corrected chi connectivity index (χ1v) is 6.24. The fraction of sp³-hybridized carbons (Fsp3) is 0.250. The molecular weight excluding hydrogens is 208 g/mol. The smallest absolute Gasteiger partial charge is 0.120 e. The summed E-state index contributed by atoms with van der Waals surface area (Å²) < 4.78 is 5.98. The first-order chi connectivity index (χ1) is 8.42. The normalized spacial score (nSPS) is 19.4. The minimum Gasteiger partial charge on any atom is -0.486 e. The summed E-state index contributed by atoms with van der Waals surface area (Å²) in [5.74, 6) is 0.972. The molecule has 0 bridgehead atoms. The summed E-state index contributed by atoms with van der Waals surface area (Å²) in [5.41, 5.74) is 0. The molecule has 0 saturated carbocycles. The third kappa shape index (κ3) is 2.33. The van der Waals surface area contributed by atoms with Crippen LogP contribution in [0.3, 0.4) is 0 Å². The molecule has 2 aromatic carbocycles. The Morgan fingerprint density at radius 2 is 1.88 bits per heavy atom. The molecule has 17 heavy (non-hydrogen) atoms. The lowest BCUT2D eigenvalue weighted by atomic mass is 10.1. The maximum atomic E-state index is 5.98. The summed E-state index contributed by atoms with van der Waals surface area (Å²) in [7, 11) is 0. The Kier molecular flexibility index (Phi) is 2.83. The van der Waals surface area contributed by atoms with Gasteiger partial charge in [-0.25, -0.2) is 0 Å². The lowest BCUT2D eigenvalue weighted by molar-refractivity contribution is 0.230. The molecule has 2 aromatic rings. The van der Waals surface area contributed by atoms with Crippen LogP contribution < -0.4 is 4.74 Å². The molecule has 1 unspecified atom stereocenters. The Morgan fingerprint density at radius 1 is 1.00 bits per heavy atom. The zero-order chi connectivity index (χ0) is 11.5. The van der Waals surface area contributed by atoms with Crippen molar-refractivity contribution in [1.29, 1.82) is 0 Å². The molecule has 0 fully saturated rings. The summed E-state index contributed by atoms with van der Waals surface area (Å²) in [6, 6.07) is 14.7. The van der Waals surface area contributed by atoms with Gasteiger partial charge in [-0.2, -0.15) is 0 Å². The Morgan fingerprint density at radius 3 is 2.71 bits per heavy atom. The van der Waals surface area contributed by atoms with Crippen LogP contribution in [0.1, 0.15) is 19.3 Å². The van der Waals surface area contributed by atoms with E-state index in [1.165, 1.54) is 23.6 Å². The Hall–Kier alpha value is -1.76. The van der Waals surface area contributed by atoms with Gasteiger partial charge in [0.15, 0.2) is 0 Å². The number of hydrogen-bond donors (Lipinski definition) is 0. The second-order valence-electron chi connectivity index (χ2n) is 4.52. The summed E-state index contributed by atoms with van der Waals surface area (Å²) in [6.45, 7) is 0. The van der Waals surface area contributed by atoms with Crippen molar-refractivity contribution < 1.29 is 4.74 Å². The van der Waals surface area contributed by atoms with E-state index in [4.69, 9.17) is 4.74 Å². The molecule has 1 nitrogen and oxygen atoms in total. The third-order valence-electron chi connectivity index (χ3n) is 3.22. The van der Waals surface area contributed by atoms with Crippen molar-refractivity contribution in [2.45, 2.75) is 25.4 Å². The summed E-state index contributed by atoms with van der Waals surface area (Å²) in [4.78, 5) is 0. The van der Waals surface area contributed by atoms with Gasteiger partial charge in [-0.15, -0.1) is 0 Å². The van der Waals surface area contributed by atoms with Crippen LogP contribution in [0.15, 0.2) is 54.6 Å². The highest BCUT2D eigenvalue weighted by molar-refractivity contribution is 5.83. The Bertz CT molecular complexity index is 542. The van der Waals surface area contributed by atoms with E-state index in [9.17, 15) is 0 Å². The van der Waals surface area contributed by atoms with Crippen molar-refractivity contribution in [2.24, 2.45) is 0 Å². The molecule has 0 aromatic heterocycles. The zero-order valence-corrected chi connectivity index (χ0v) is 9.80. The number of fused-ring (bicyclic) bond motifs is 1. The molecule has 3 rings (SSSR count). The van der Waals surface area contributed by atoms with Gasteiger partial charge in [-0.05, 0) is 48.2 Å². The SMILES string of the molecule is C1=CC(Oc2ccc3ccccc3c2)CCC1. The first-order valence-electron chi connectivity index (χ1n) is 6.24. The molecule has 1 aliphatic carbocycles. The fourth-order valence-electron chi connectivity index (χ4n) is 2.29. The summed E-state index contributed by atoms with van der Waals surface area (Å²) >= 11 is 0. The summed E-state index contributed by atoms with van der Waals surface area (Å²) in [6.07, 6.45) is 8.20. The maximum absolute atomic E-state index is 5.98. The van der Waals surface area contributed by atoms with Gasteiger partial charge in [0.2, 0.25) is 0 Å². The van der Waals surface area contributed by atoms with Crippen molar-refractivity contribution >= 4 is 10.8 Å². The van der Waals surface area contributed by atoms with Crippen molar-refractivity contribution in [3.8, 4) is 5.75 Å². The largest absolute Gasteiger partial charge is 0.486 e. The highest BCUT2D eigenvalue weighted by Crippen LogP contribution is 2.23. The highest BCUT2D eigenvalue weighted by Gasteiger charge is 2.09. The monoisotopic (exact) mass is 224 g/mol. The molecule has 0 saturated heterocycles. The van der Waals surface area contributed by atoms with Gasteiger partial charge in [-0.1, -0.05) is 36.4 Å². The van der Waals surface area contributed by atoms with Gasteiger partial charge in [-0.3, -0.25) is 0 Å². The van der Waals surface area contributed by atoms with Crippen LogP contribution in [0, 0.1) is 0 Å². The second-order valence-corrected chi connectivity index (χ2v) is 4.52. The van der Waals surface area contributed by atoms with Gasteiger partial charge in [0.1, 0.15) is 11.9 Å². The van der Waals surface area contributed by atoms with E-state index in [1.807, 2.05) is 0 Å². The van der Waals surface area contributed by atoms with Crippen LogP contribution in [-0.4, -0.2) is 6.10 Å². The van der Waals surface area contributed by atoms with E-state index in [1.54, 1.807) is 0 Å². The number of hydrogen-bond acceptors (Lipinski definition) is 1. The Labute approximate surface area is 102 Å². The lowest BCUT2D eigenvalue weighted by Gasteiger charge is -2.18. The topological polar surface area (TPSA) is 9.23 Å². The molecule has 1 heteroatoms. The van der Waals surface area contributed by atoms with E-state index >= 15 is 0 Å². The van der Waals surface area contributed by atoms with E-state index in [-0.39, 0.29) is 6.10 Å². The highest BCUT2D eigenvalue weighted by atomic mass is 16.5. The third-order valence-corrected chi connectivity index (χ3v) is 3.22. The van der Waals surface area contributed by atoms with Crippen LogP contribution in [0.2, 0.25) is 0 Å². The predicted molar refractivity (Wildman–Crippen MR) is 71.4 cm³/mol. The van der Waals surface area contributed by atoms with Gasteiger partial charge in [0.25, 0.3) is 0 Å². The van der Waals surface area contributed by atoms with E-state index < -0.39 is 0 Å². The fourth-order valence-corrected chi connectivity index (χ4v) is 2.29. The number of allylic oxidation sites excluding steroid dienone is 1. The van der Waals surface area contributed by atoms with E-state index in [0.29, 0.717) is 0 Å². The molecular formula is C16H16O. The number of ether oxygens (including phenoxy) is 1. The van der Waals surface area contributed by atoms with Crippen LogP contribution in [0.5, 0.6) is 5.75 Å². The minimum absolute atomic E-state index is 0.255. The van der Waals surface area contributed by atoms with Crippen LogP contribution in [0.25, 0.3) is 10.8 Å². The Balaban J connectivity index is 1.85.